The van der Waals surface area contributed by atoms with Gasteiger partial charge < -0.3 is 32.4 Å². The standard InChI is InChI=1S/C14H16N2O2.C14H16N2/c1-17-13-7-9(3-5-11(13)15)10-4-6-12(16)14(8-10)18-2;1-9-4-3-5-11(8-9)12-6-7-13(15)10(2)14(12)16/h3-8H,15-16H2,1-2H3;3-8H,15-16H2,1-2H3. The minimum atomic E-state index is 0.615. The van der Waals surface area contributed by atoms with Crippen molar-refractivity contribution in [3.05, 3.63) is 83.9 Å². The minimum Gasteiger partial charge on any atom is -0.495 e. The third-order valence-corrected chi connectivity index (χ3v) is 5.69. The Balaban J connectivity index is 0.000000192. The Morgan fingerprint density at radius 3 is 1.59 bits per heavy atom. The molecule has 0 radical (unpaired) electrons. The maximum atomic E-state index is 6.09. The number of hydrogen-bond acceptors (Lipinski definition) is 6. The number of nitrogen functional groups attached to an aromatic ring is 4. The third-order valence-electron chi connectivity index (χ3n) is 5.69. The summed E-state index contributed by atoms with van der Waals surface area (Å²) in [6.45, 7) is 4.02. The molecule has 0 saturated carbocycles. The van der Waals surface area contributed by atoms with Crippen LogP contribution < -0.4 is 32.4 Å². The van der Waals surface area contributed by atoms with Crippen LogP contribution >= 0.6 is 0 Å². The lowest BCUT2D eigenvalue weighted by atomic mass is 9.98. The predicted octanol–water partition coefficient (Wildman–Crippen LogP) is 5.67. The summed E-state index contributed by atoms with van der Waals surface area (Å²) in [6, 6.07) is 23.5. The Hall–Kier alpha value is -4.32. The lowest BCUT2D eigenvalue weighted by Gasteiger charge is -2.11. The average Bonchev–Trinajstić information content (AvgIpc) is 2.84. The first-order valence-electron chi connectivity index (χ1n) is 10.8. The zero-order chi connectivity index (χ0) is 24.8. The molecule has 0 aliphatic carbocycles. The van der Waals surface area contributed by atoms with Crippen molar-refractivity contribution < 1.29 is 9.47 Å². The molecule has 34 heavy (non-hydrogen) atoms. The maximum absolute atomic E-state index is 6.09. The normalized spacial score (nSPS) is 10.2. The quantitative estimate of drug-likeness (QED) is 0.293. The second-order valence-corrected chi connectivity index (χ2v) is 8.02. The van der Waals surface area contributed by atoms with Crippen molar-refractivity contribution in [3.8, 4) is 33.8 Å². The van der Waals surface area contributed by atoms with Gasteiger partial charge in [-0.3, -0.25) is 0 Å². The van der Waals surface area contributed by atoms with Crippen LogP contribution in [0.3, 0.4) is 0 Å². The Kier molecular flexibility index (Phi) is 7.53. The van der Waals surface area contributed by atoms with Crippen molar-refractivity contribution in [2.75, 3.05) is 37.2 Å². The number of methoxy groups -OCH3 is 2. The molecule has 4 aromatic carbocycles. The van der Waals surface area contributed by atoms with E-state index in [-0.39, 0.29) is 0 Å². The Bertz CT molecular complexity index is 1250. The highest BCUT2D eigenvalue weighted by molar-refractivity contribution is 5.82. The lowest BCUT2D eigenvalue weighted by Crippen LogP contribution is -1.98. The van der Waals surface area contributed by atoms with Gasteiger partial charge in [0.05, 0.1) is 25.6 Å². The first-order chi connectivity index (χ1) is 16.2. The number of rotatable bonds is 4. The van der Waals surface area contributed by atoms with Gasteiger partial charge in [0.2, 0.25) is 0 Å². The molecule has 0 saturated heterocycles. The number of nitrogens with two attached hydrogens (primary N) is 4. The second-order valence-electron chi connectivity index (χ2n) is 8.02. The van der Waals surface area contributed by atoms with Gasteiger partial charge in [-0.05, 0) is 66.4 Å². The van der Waals surface area contributed by atoms with Gasteiger partial charge in [0.15, 0.2) is 0 Å². The topological polar surface area (TPSA) is 123 Å². The van der Waals surface area contributed by atoms with Crippen molar-refractivity contribution in [2.24, 2.45) is 0 Å². The number of ether oxygens (including phenoxy) is 2. The van der Waals surface area contributed by atoms with Crippen molar-refractivity contribution >= 4 is 22.7 Å². The van der Waals surface area contributed by atoms with E-state index in [4.69, 9.17) is 32.4 Å². The van der Waals surface area contributed by atoms with Gasteiger partial charge in [0.25, 0.3) is 0 Å². The number of hydrogen-bond donors (Lipinski definition) is 4. The van der Waals surface area contributed by atoms with Gasteiger partial charge in [-0.25, -0.2) is 0 Å². The van der Waals surface area contributed by atoms with Gasteiger partial charge >= 0.3 is 0 Å². The second kappa shape index (κ2) is 10.5. The predicted molar refractivity (Wildman–Crippen MR) is 144 cm³/mol. The van der Waals surface area contributed by atoms with Crippen LogP contribution in [0.4, 0.5) is 22.7 Å². The highest BCUT2D eigenvalue weighted by Crippen LogP contribution is 2.33. The van der Waals surface area contributed by atoms with Crippen molar-refractivity contribution in [1.29, 1.82) is 0 Å². The molecule has 4 aromatic rings. The van der Waals surface area contributed by atoms with Crippen LogP contribution in [0, 0.1) is 13.8 Å². The summed E-state index contributed by atoms with van der Waals surface area (Å²) in [7, 11) is 3.19. The summed E-state index contributed by atoms with van der Waals surface area (Å²) in [5, 5.41) is 0. The molecule has 0 unspecified atom stereocenters. The van der Waals surface area contributed by atoms with Crippen LogP contribution in [0.15, 0.2) is 72.8 Å². The van der Waals surface area contributed by atoms with Gasteiger partial charge in [-0.2, -0.15) is 0 Å². The first kappa shape index (κ1) is 24.3. The van der Waals surface area contributed by atoms with Crippen LogP contribution in [0.1, 0.15) is 11.1 Å². The summed E-state index contributed by atoms with van der Waals surface area (Å²) in [4.78, 5) is 0. The number of benzene rings is 4. The van der Waals surface area contributed by atoms with E-state index in [2.05, 4.69) is 25.1 Å². The highest BCUT2D eigenvalue weighted by atomic mass is 16.5. The fourth-order valence-corrected chi connectivity index (χ4v) is 3.59. The van der Waals surface area contributed by atoms with E-state index >= 15 is 0 Å². The highest BCUT2D eigenvalue weighted by Gasteiger charge is 2.08. The van der Waals surface area contributed by atoms with Gasteiger partial charge in [-0.1, -0.05) is 48.0 Å². The molecule has 6 heteroatoms. The monoisotopic (exact) mass is 456 g/mol. The minimum absolute atomic E-state index is 0.615. The Morgan fingerprint density at radius 1 is 0.559 bits per heavy atom. The molecule has 176 valence electrons. The van der Waals surface area contributed by atoms with Gasteiger partial charge in [0.1, 0.15) is 11.5 Å². The molecule has 0 fully saturated rings. The lowest BCUT2D eigenvalue weighted by molar-refractivity contribution is 0.416. The van der Waals surface area contributed by atoms with Crippen LogP contribution in [-0.2, 0) is 0 Å². The van der Waals surface area contributed by atoms with E-state index in [9.17, 15) is 0 Å². The average molecular weight is 457 g/mol. The fourth-order valence-electron chi connectivity index (χ4n) is 3.59. The summed E-state index contributed by atoms with van der Waals surface area (Å²) in [5.74, 6) is 1.31. The van der Waals surface area contributed by atoms with Crippen LogP contribution in [-0.4, -0.2) is 14.2 Å². The van der Waals surface area contributed by atoms with Crippen molar-refractivity contribution in [3.63, 3.8) is 0 Å². The molecule has 4 rings (SSSR count). The molecule has 0 spiro atoms. The van der Waals surface area contributed by atoms with Gasteiger partial charge in [0, 0.05) is 16.9 Å². The van der Waals surface area contributed by atoms with Crippen LogP contribution in [0.2, 0.25) is 0 Å². The third kappa shape index (κ3) is 5.35. The molecule has 0 atom stereocenters. The Morgan fingerprint density at radius 2 is 1.09 bits per heavy atom. The van der Waals surface area contributed by atoms with Crippen LogP contribution in [0.25, 0.3) is 22.3 Å². The van der Waals surface area contributed by atoms with E-state index in [1.165, 1.54) is 5.56 Å². The largest absolute Gasteiger partial charge is 0.495 e. The van der Waals surface area contributed by atoms with E-state index in [0.29, 0.717) is 22.9 Å². The zero-order valence-electron chi connectivity index (χ0n) is 20.1. The molecule has 0 bridgehead atoms. The molecule has 0 aliphatic rings. The Labute approximate surface area is 201 Å². The molecule has 0 heterocycles. The van der Waals surface area contributed by atoms with Crippen molar-refractivity contribution in [1.82, 2.24) is 0 Å². The molecule has 0 amide bonds. The fraction of sp³-hybridized carbons (Fsp3) is 0.143. The molecular weight excluding hydrogens is 424 g/mol. The van der Waals surface area contributed by atoms with E-state index < -0.39 is 0 Å². The van der Waals surface area contributed by atoms with Crippen molar-refractivity contribution in [2.45, 2.75) is 13.8 Å². The zero-order valence-corrected chi connectivity index (χ0v) is 20.1. The molecule has 6 nitrogen and oxygen atoms in total. The van der Waals surface area contributed by atoms with E-state index in [0.717, 1.165) is 39.2 Å². The maximum Gasteiger partial charge on any atom is 0.142 e. The molecule has 8 N–H and O–H groups in total. The SMILES string of the molecule is COc1cc(-c2ccc(N)c(OC)c2)ccc1N.Cc1cccc(-c2ccc(N)c(C)c2N)c1. The number of anilines is 4. The van der Waals surface area contributed by atoms with Crippen LogP contribution in [0.5, 0.6) is 11.5 Å². The summed E-state index contributed by atoms with van der Waals surface area (Å²) < 4.78 is 10.4. The van der Waals surface area contributed by atoms with Gasteiger partial charge in [-0.15, -0.1) is 0 Å². The summed E-state index contributed by atoms with van der Waals surface area (Å²) in [6.07, 6.45) is 0. The molecule has 0 aromatic heterocycles. The smallest absolute Gasteiger partial charge is 0.142 e. The van der Waals surface area contributed by atoms with E-state index in [1.54, 1.807) is 14.2 Å². The molecular formula is C28H32N4O2. The number of aryl methyl sites for hydroxylation is 1. The van der Waals surface area contributed by atoms with E-state index in [1.807, 2.05) is 61.5 Å². The summed E-state index contributed by atoms with van der Waals surface area (Å²) >= 11 is 0. The molecule has 0 aliphatic heterocycles. The first-order valence-corrected chi connectivity index (χ1v) is 10.8. The summed E-state index contributed by atoms with van der Waals surface area (Å²) in [5.41, 5.74) is 32.6.